The van der Waals surface area contributed by atoms with Gasteiger partial charge in [-0.15, -0.1) is 0 Å². The van der Waals surface area contributed by atoms with Gasteiger partial charge in [0.15, 0.2) is 11.5 Å². The highest BCUT2D eigenvalue weighted by Gasteiger charge is 2.19. The van der Waals surface area contributed by atoms with Crippen LogP contribution in [0.15, 0.2) is 78.9 Å². The summed E-state index contributed by atoms with van der Waals surface area (Å²) < 4.78 is 17.3. The fourth-order valence-electron chi connectivity index (χ4n) is 3.16. The van der Waals surface area contributed by atoms with Gasteiger partial charge < -0.3 is 19.5 Å². The predicted octanol–water partition coefficient (Wildman–Crippen LogP) is 4.54. The third-order valence-corrected chi connectivity index (χ3v) is 4.84. The van der Waals surface area contributed by atoms with Crippen LogP contribution in [0.1, 0.15) is 23.6 Å². The minimum Gasteiger partial charge on any atom is -0.485 e. The zero-order valence-corrected chi connectivity index (χ0v) is 18.0. The topological polar surface area (TPSA) is 56.8 Å². The van der Waals surface area contributed by atoms with E-state index in [-0.39, 0.29) is 5.97 Å². The minimum atomic E-state index is -0.419. The molecule has 0 saturated heterocycles. The van der Waals surface area contributed by atoms with Crippen molar-refractivity contribution in [3.8, 4) is 11.5 Å². The van der Waals surface area contributed by atoms with Gasteiger partial charge in [0.25, 0.3) is 0 Å². The second-order valence-electron chi connectivity index (χ2n) is 7.13. The molecule has 0 aliphatic carbocycles. The molecule has 0 aliphatic rings. The summed E-state index contributed by atoms with van der Waals surface area (Å²) in [6, 6.07) is 25.4. The van der Waals surface area contributed by atoms with E-state index in [0.29, 0.717) is 37.7 Å². The van der Waals surface area contributed by atoms with E-state index in [4.69, 9.17) is 14.2 Å². The zero-order valence-electron chi connectivity index (χ0n) is 18.0. The molecule has 0 saturated carbocycles. The van der Waals surface area contributed by atoms with Crippen molar-refractivity contribution in [1.82, 2.24) is 5.32 Å². The average Bonchev–Trinajstić information content (AvgIpc) is 2.82. The van der Waals surface area contributed by atoms with E-state index in [1.54, 1.807) is 14.0 Å². The Hall–Kier alpha value is -3.31. The molecule has 5 heteroatoms. The molecular weight excluding hydrogens is 390 g/mol. The number of esters is 1. The van der Waals surface area contributed by atoms with Gasteiger partial charge in [-0.1, -0.05) is 66.7 Å². The van der Waals surface area contributed by atoms with Gasteiger partial charge in [0, 0.05) is 0 Å². The van der Waals surface area contributed by atoms with Crippen molar-refractivity contribution in [2.24, 2.45) is 0 Å². The van der Waals surface area contributed by atoms with Crippen LogP contribution in [0.2, 0.25) is 0 Å². The van der Waals surface area contributed by atoms with Gasteiger partial charge in [0.2, 0.25) is 0 Å². The zero-order chi connectivity index (χ0) is 21.9. The van der Waals surface area contributed by atoms with E-state index in [1.807, 2.05) is 78.9 Å². The summed E-state index contributed by atoms with van der Waals surface area (Å²) in [4.78, 5) is 12.2. The van der Waals surface area contributed by atoms with E-state index >= 15 is 0 Å². The van der Waals surface area contributed by atoms with Gasteiger partial charge in [0.1, 0.15) is 19.3 Å². The number of hydrogen-bond acceptors (Lipinski definition) is 5. The smallest absolute Gasteiger partial charge is 0.323 e. The van der Waals surface area contributed by atoms with Crippen molar-refractivity contribution in [3.05, 3.63) is 95.6 Å². The lowest BCUT2D eigenvalue weighted by atomic mass is 10.1. The SMILES string of the molecule is CCOC(=O)[C@H](Cc1ccc(OCc2ccccc2)c(OCc2ccccc2)c1)NC. The van der Waals surface area contributed by atoms with Gasteiger partial charge in [-0.05, 0) is 49.2 Å². The van der Waals surface area contributed by atoms with Crippen molar-refractivity contribution in [2.75, 3.05) is 13.7 Å². The molecule has 3 aromatic rings. The van der Waals surface area contributed by atoms with E-state index in [1.165, 1.54) is 0 Å². The maximum Gasteiger partial charge on any atom is 0.323 e. The number of carbonyl (C=O) groups excluding carboxylic acids is 1. The van der Waals surface area contributed by atoms with Gasteiger partial charge in [-0.25, -0.2) is 0 Å². The first-order valence-electron chi connectivity index (χ1n) is 10.5. The predicted molar refractivity (Wildman–Crippen MR) is 121 cm³/mol. The number of likely N-dealkylation sites (N-methyl/N-ethyl adjacent to an activating group) is 1. The second-order valence-corrected chi connectivity index (χ2v) is 7.13. The summed E-state index contributed by atoms with van der Waals surface area (Å²) in [5.41, 5.74) is 3.11. The largest absolute Gasteiger partial charge is 0.485 e. The number of hydrogen-bond donors (Lipinski definition) is 1. The van der Waals surface area contributed by atoms with Crippen LogP contribution < -0.4 is 14.8 Å². The Kier molecular flexibility index (Phi) is 8.49. The van der Waals surface area contributed by atoms with Crippen molar-refractivity contribution in [3.63, 3.8) is 0 Å². The molecule has 162 valence electrons. The van der Waals surface area contributed by atoms with Crippen molar-refractivity contribution >= 4 is 5.97 Å². The molecule has 1 atom stereocenters. The highest BCUT2D eigenvalue weighted by molar-refractivity contribution is 5.76. The van der Waals surface area contributed by atoms with Gasteiger partial charge in [-0.2, -0.15) is 0 Å². The minimum absolute atomic E-state index is 0.263. The first-order chi connectivity index (χ1) is 15.2. The van der Waals surface area contributed by atoms with Crippen LogP contribution in [0.4, 0.5) is 0 Å². The lowest BCUT2D eigenvalue weighted by molar-refractivity contribution is -0.145. The number of ether oxygens (including phenoxy) is 3. The number of carbonyl (C=O) groups is 1. The normalized spacial score (nSPS) is 11.5. The van der Waals surface area contributed by atoms with Crippen LogP contribution in [0.3, 0.4) is 0 Å². The van der Waals surface area contributed by atoms with E-state index < -0.39 is 6.04 Å². The Morgan fingerprint density at radius 1 is 0.806 bits per heavy atom. The maximum absolute atomic E-state index is 12.2. The van der Waals surface area contributed by atoms with E-state index in [9.17, 15) is 4.79 Å². The molecule has 1 N–H and O–H groups in total. The number of nitrogens with one attached hydrogen (secondary N) is 1. The quantitative estimate of drug-likeness (QED) is 0.463. The van der Waals surface area contributed by atoms with E-state index in [2.05, 4.69) is 5.32 Å². The molecule has 0 aromatic heterocycles. The fourth-order valence-corrected chi connectivity index (χ4v) is 3.16. The summed E-state index contributed by atoms with van der Waals surface area (Å²) in [7, 11) is 1.76. The second kappa shape index (κ2) is 11.8. The average molecular weight is 420 g/mol. The van der Waals surface area contributed by atoms with Crippen LogP contribution in [0, 0.1) is 0 Å². The molecule has 0 fully saturated rings. The van der Waals surface area contributed by atoms with Crippen LogP contribution in [-0.4, -0.2) is 25.7 Å². The Morgan fingerprint density at radius 2 is 1.39 bits per heavy atom. The molecule has 0 unspecified atom stereocenters. The van der Waals surface area contributed by atoms with Crippen LogP contribution in [0.25, 0.3) is 0 Å². The summed E-state index contributed by atoms with van der Waals surface area (Å²) in [5, 5.41) is 3.03. The highest BCUT2D eigenvalue weighted by Crippen LogP contribution is 2.30. The van der Waals surface area contributed by atoms with Crippen molar-refractivity contribution in [2.45, 2.75) is 32.6 Å². The molecule has 3 rings (SSSR count). The number of benzene rings is 3. The molecular formula is C26H29NO4. The molecule has 0 bridgehead atoms. The highest BCUT2D eigenvalue weighted by atomic mass is 16.5. The third-order valence-electron chi connectivity index (χ3n) is 4.84. The van der Waals surface area contributed by atoms with Crippen LogP contribution >= 0.6 is 0 Å². The Labute approximate surface area is 184 Å². The Morgan fingerprint density at radius 3 is 1.94 bits per heavy atom. The van der Waals surface area contributed by atoms with Gasteiger partial charge in [-0.3, -0.25) is 4.79 Å². The molecule has 0 heterocycles. The third kappa shape index (κ3) is 6.86. The molecule has 5 nitrogen and oxygen atoms in total. The van der Waals surface area contributed by atoms with E-state index in [0.717, 1.165) is 16.7 Å². The lowest BCUT2D eigenvalue weighted by Crippen LogP contribution is -2.37. The Balaban J connectivity index is 1.77. The van der Waals surface area contributed by atoms with Crippen molar-refractivity contribution < 1.29 is 19.0 Å². The molecule has 0 amide bonds. The lowest BCUT2D eigenvalue weighted by Gasteiger charge is -2.17. The molecule has 3 aromatic carbocycles. The van der Waals surface area contributed by atoms with Gasteiger partial charge >= 0.3 is 5.97 Å². The summed E-state index contributed by atoms with van der Waals surface area (Å²) in [5.74, 6) is 1.05. The monoisotopic (exact) mass is 419 g/mol. The molecule has 31 heavy (non-hydrogen) atoms. The van der Waals surface area contributed by atoms with Crippen molar-refractivity contribution in [1.29, 1.82) is 0 Å². The van der Waals surface area contributed by atoms with Crippen LogP contribution in [0.5, 0.6) is 11.5 Å². The first-order valence-corrected chi connectivity index (χ1v) is 10.5. The van der Waals surface area contributed by atoms with Crippen LogP contribution in [-0.2, 0) is 29.2 Å². The number of rotatable bonds is 11. The molecule has 0 radical (unpaired) electrons. The summed E-state index contributed by atoms with van der Waals surface area (Å²) in [6.07, 6.45) is 0.496. The summed E-state index contributed by atoms with van der Waals surface area (Å²) in [6.45, 7) is 3.04. The first kappa shape index (κ1) is 22.4. The van der Waals surface area contributed by atoms with Gasteiger partial charge in [0.05, 0.1) is 6.61 Å². The molecule has 0 aliphatic heterocycles. The maximum atomic E-state index is 12.2. The Bertz CT molecular complexity index is 944. The fraction of sp³-hybridized carbons (Fsp3) is 0.269. The molecule has 0 spiro atoms. The standard InChI is InChI=1S/C26H29NO4/c1-3-29-26(28)23(27-2)16-22-14-15-24(30-18-20-10-6-4-7-11-20)25(17-22)31-19-21-12-8-5-9-13-21/h4-15,17,23,27H,3,16,18-19H2,1-2H3/t23-/m0/s1. The summed E-state index contributed by atoms with van der Waals surface area (Å²) >= 11 is 0.